The zero-order chi connectivity index (χ0) is 32.9. The third kappa shape index (κ3) is 15.1. The van der Waals surface area contributed by atoms with E-state index >= 15 is 0 Å². The fourth-order valence-corrected chi connectivity index (χ4v) is 4.98. The number of aromatic hydroxyl groups is 1. The summed E-state index contributed by atoms with van der Waals surface area (Å²) in [6.07, 6.45) is 6.97. The van der Waals surface area contributed by atoms with Gasteiger partial charge in [-0.3, -0.25) is 19.7 Å². The number of esters is 2. The molecule has 2 aromatic rings. The van der Waals surface area contributed by atoms with Crippen molar-refractivity contribution >= 4 is 49.9 Å². The van der Waals surface area contributed by atoms with Crippen LogP contribution in [0.15, 0.2) is 45.9 Å². The molecule has 2 fully saturated rings. The monoisotopic (exact) mass is 778 g/mol. The molecule has 0 saturated carbocycles. The number of aromatic nitrogens is 2. The summed E-state index contributed by atoms with van der Waals surface area (Å²) in [5.74, 6) is 0.429. The molecular formula is C31H48Br2N4O9. The zero-order valence-corrected chi connectivity index (χ0v) is 28.5. The highest BCUT2D eigenvalue weighted by Crippen LogP contribution is 2.26. The average Bonchev–Trinajstić information content (AvgIpc) is 3.63. The van der Waals surface area contributed by atoms with E-state index < -0.39 is 23.7 Å². The van der Waals surface area contributed by atoms with Crippen molar-refractivity contribution < 1.29 is 43.5 Å². The van der Waals surface area contributed by atoms with Gasteiger partial charge in [0.2, 0.25) is 0 Å². The highest BCUT2D eigenvalue weighted by atomic mass is 79.9. The number of methoxy groups -OCH3 is 2. The third-order valence-electron chi connectivity index (χ3n) is 6.31. The van der Waals surface area contributed by atoms with Gasteiger partial charge in [0.25, 0.3) is 0 Å². The van der Waals surface area contributed by atoms with Crippen molar-refractivity contribution in [2.24, 2.45) is 11.8 Å². The number of nitrogens with one attached hydrogen (secondary N) is 1. The van der Waals surface area contributed by atoms with E-state index in [1.54, 1.807) is 45.4 Å². The summed E-state index contributed by atoms with van der Waals surface area (Å²) in [5.41, 5.74) is -0.616. The number of halogens is 2. The van der Waals surface area contributed by atoms with Gasteiger partial charge in [0.1, 0.15) is 29.2 Å². The molecule has 0 spiro atoms. The van der Waals surface area contributed by atoms with Gasteiger partial charge in [0.15, 0.2) is 0 Å². The van der Waals surface area contributed by atoms with E-state index in [0.717, 1.165) is 27.7 Å². The van der Waals surface area contributed by atoms with E-state index in [1.807, 2.05) is 6.07 Å². The lowest BCUT2D eigenvalue weighted by Crippen LogP contribution is -2.43. The molecule has 4 heterocycles. The first-order chi connectivity index (χ1) is 20.8. The van der Waals surface area contributed by atoms with Crippen LogP contribution >= 0.6 is 31.9 Å². The second-order valence-corrected chi connectivity index (χ2v) is 12.9. The van der Waals surface area contributed by atoms with Gasteiger partial charge in [-0.1, -0.05) is 14.9 Å². The van der Waals surface area contributed by atoms with Crippen LogP contribution in [0.2, 0.25) is 0 Å². The Balaban J connectivity index is 0.000000689. The van der Waals surface area contributed by atoms with Crippen LogP contribution in [0.25, 0.3) is 0 Å². The van der Waals surface area contributed by atoms with Crippen LogP contribution in [0, 0.1) is 11.8 Å². The molecular weight excluding hydrogens is 732 g/mol. The predicted molar refractivity (Wildman–Crippen MR) is 180 cm³/mol. The first-order valence-corrected chi connectivity index (χ1v) is 15.4. The zero-order valence-electron chi connectivity index (χ0n) is 25.4. The van der Waals surface area contributed by atoms with Gasteiger partial charge in [-0.2, -0.15) is 0 Å². The molecule has 2 aliphatic rings. The van der Waals surface area contributed by atoms with Gasteiger partial charge in [0.05, 0.1) is 33.2 Å². The minimum atomic E-state index is -0.665. The first-order valence-electron chi connectivity index (χ1n) is 13.8. The Morgan fingerprint density at radius 3 is 2.07 bits per heavy atom. The summed E-state index contributed by atoms with van der Waals surface area (Å²) in [5, 5.41) is 21.0. The Kier molecular flexibility index (Phi) is 19.6. The summed E-state index contributed by atoms with van der Waals surface area (Å²) in [6, 6.07) is 2.58. The number of nitrogens with zero attached hydrogens (tertiary/aromatic N) is 3. The summed E-state index contributed by atoms with van der Waals surface area (Å²) in [4.78, 5) is 43.9. The number of hydrogen-bond acceptors (Lipinski definition) is 12. The minimum Gasteiger partial charge on any atom is -0.506 e. The number of carbonyl (C=O) groups excluding carboxylic acids is 3. The number of rotatable bonds is 6. The van der Waals surface area contributed by atoms with E-state index in [2.05, 4.69) is 51.9 Å². The van der Waals surface area contributed by atoms with E-state index in [0.29, 0.717) is 25.5 Å². The van der Waals surface area contributed by atoms with E-state index in [4.69, 9.17) is 24.4 Å². The second-order valence-electron chi connectivity index (χ2n) is 11.1. The number of pyridine rings is 2. The number of carbonyl (C=O) groups is 3. The van der Waals surface area contributed by atoms with Gasteiger partial charge in [-0.05, 0) is 77.6 Å². The number of likely N-dealkylation sites (tertiary alicyclic amines) is 1. The number of amides is 1. The van der Waals surface area contributed by atoms with Crippen LogP contribution in [-0.4, -0.2) is 101 Å². The van der Waals surface area contributed by atoms with Crippen molar-refractivity contribution in [2.45, 2.75) is 66.2 Å². The van der Waals surface area contributed by atoms with Crippen molar-refractivity contribution in [3.63, 3.8) is 0 Å². The van der Waals surface area contributed by atoms with Crippen LogP contribution < -0.4 is 10.1 Å². The van der Waals surface area contributed by atoms with Gasteiger partial charge in [-0.15, -0.1) is 0 Å². The van der Waals surface area contributed by atoms with Crippen LogP contribution in [0.5, 0.6) is 11.5 Å². The molecule has 2 aromatic heterocycles. The maximum atomic E-state index is 12.0. The Hall–Kier alpha value is -3.01. The second kappa shape index (κ2) is 21.0. The van der Waals surface area contributed by atoms with Crippen LogP contribution in [0.1, 0.15) is 48.5 Å². The highest BCUT2D eigenvalue weighted by Gasteiger charge is 2.41. The fourth-order valence-electron chi connectivity index (χ4n) is 4.28. The number of aliphatic hydroxyl groups is 1. The molecule has 0 radical (unpaired) electrons. The van der Waals surface area contributed by atoms with Crippen molar-refractivity contribution in [1.82, 2.24) is 20.2 Å². The Morgan fingerprint density at radius 1 is 0.957 bits per heavy atom. The highest BCUT2D eigenvalue weighted by molar-refractivity contribution is 9.10. The molecule has 46 heavy (non-hydrogen) atoms. The molecule has 0 aromatic carbocycles. The molecule has 4 rings (SSSR count). The molecule has 4 atom stereocenters. The number of hydrogen-bond donors (Lipinski definition) is 3. The molecule has 2 saturated heterocycles. The van der Waals surface area contributed by atoms with E-state index in [-0.39, 0.29) is 45.1 Å². The normalized spacial score (nSPS) is 19.9. The smallest absolute Gasteiger partial charge is 0.411 e. The maximum Gasteiger partial charge on any atom is 0.411 e. The SMILES string of the molecule is C.C.COC(=O)[C@@H]1C[C@@H](CO)CN1C(=O)OC(C)(C)C.COC(=O)[C@@H]1C[C@@H](COc2cncc(Br)c2)CN1.Oc1cncc(Br)c1. The van der Waals surface area contributed by atoms with Gasteiger partial charge in [-0.25, -0.2) is 9.59 Å². The molecule has 0 unspecified atom stereocenters. The van der Waals surface area contributed by atoms with Crippen LogP contribution in [-0.2, 0) is 23.8 Å². The average molecular weight is 781 g/mol. The van der Waals surface area contributed by atoms with Gasteiger partial charge < -0.3 is 34.5 Å². The van der Waals surface area contributed by atoms with Crippen molar-refractivity contribution in [2.75, 3.05) is 40.5 Å². The lowest BCUT2D eigenvalue weighted by Gasteiger charge is -2.27. The summed E-state index contributed by atoms with van der Waals surface area (Å²) in [6.45, 7) is 6.87. The molecule has 1 amide bonds. The molecule has 0 aliphatic carbocycles. The van der Waals surface area contributed by atoms with Crippen molar-refractivity contribution in [3.05, 3.63) is 45.9 Å². The third-order valence-corrected chi connectivity index (χ3v) is 7.18. The maximum absolute atomic E-state index is 12.0. The quantitative estimate of drug-likeness (QED) is 0.266. The Morgan fingerprint density at radius 2 is 1.57 bits per heavy atom. The molecule has 3 N–H and O–H groups in total. The molecule has 13 nitrogen and oxygen atoms in total. The number of aliphatic hydroxyl groups excluding tert-OH is 1. The topological polar surface area (TPSA) is 170 Å². The van der Waals surface area contributed by atoms with Crippen LogP contribution in [0.3, 0.4) is 0 Å². The Labute approximate surface area is 288 Å². The number of ether oxygens (including phenoxy) is 4. The lowest BCUT2D eigenvalue weighted by atomic mass is 10.1. The first kappa shape index (κ1) is 43.0. The standard InChI is InChI=1S/C12H15BrN2O3.C12H21NO5.C5H4BrNO.2CH4/c1-17-12(16)11-2-8(4-15-11)7-18-10-3-9(13)5-14-6-10;1-12(2,3)18-11(16)13-6-8(7-14)5-9(13)10(15)17-4;6-4-1-5(8)3-7-2-4;;/h3,5-6,8,11,15H,2,4,7H2,1H3;8-9,14H,5-7H2,1-4H3;1-3,8H;2*1H4/t8-,11+;8-,9+;;;/m11.../s1. The largest absolute Gasteiger partial charge is 0.506 e. The van der Waals surface area contributed by atoms with E-state index in [1.165, 1.54) is 25.3 Å². The van der Waals surface area contributed by atoms with Gasteiger partial charge >= 0.3 is 18.0 Å². The minimum absolute atomic E-state index is 0. The molecule has 260 valence electrons. The van der Waals surface area contributed by atoms with Crippen molar-refractivity contribution in [1.29, 1.82) is 0 Å². The van der Waals surface area contributed by atoms with E-state index in [9.17, 15) is 14.4 Å². The Bertz CT molecular complexity index is 1220. The molecule has 0 bridgehead atoms. The summed E-state index contributed by atoms with van der Waals surface area (Å²) >= 11 is 6.48. The fraction of sp³-hybridized carbons (Fsp3) is 0.581. The van der Waals surface area contributed by atoms with Gasteiger partial charge in [0, 0.05) is 52.9 Å². The van der Waals surface area contributed by atoms with Crippen molar-refractivity contribution in [3.8, 4) is 11.5 Å². The molecule has 2 aliphatic heterocycles. The molecule has 15 heteroatoms. The summed E-state index contributed by atoms with van der Waals surface area (Å²) in [7, 11) is 2.68. The van der Waals surface area contributed by atoms with Crippen LogP contribution in [0.4, 0.5) is 4.79 Å². The lowest BCUT2D eigenvalue weighted by molar-refractivity contribution is -0.145. The predicted octanol–water partition coefficient (Wildman–Crippen LogP) is 4.97. The summed E-state index contributed by atoms with van der Waals surface area (Å²) < 4.78 is 21.9.